The van der Waals surface area contributed by atoms with Gasteiger partial charge in [0.25, 0.3) is 0 Å². The van der Waals surface area contributed by atoms with Gasteiger partial charge < -0.3 is 20.6 Å². The molecule has 0 radical (unpaired) electrons. The van der Waals surface area contributed by atoms with Crippen LogP contribution in [0.2, 0.25) is 0 Å². The average Bonchev–Trinajstić information content (AvgIpc) is 3.47. The van der Waals surface area contributed by atoms with E-state index in [1.807, 2.05) is 12.3 Å². The highest BCUT2D eigenvalue weighted by atomic mass is 32.1. The van der Waals surface area contributed by atoms with Gasteiger partial charge in [-0.2, -0.15) is 11.3 Å². The van der Waals surface area contributed by atoms with Crippen molar-refractivity contribution in [2.24, 2.45) is 22.7 Å². The van der Waals surface area contributed by atoms with Crippen molar-refractivity contribution in [2.75, 3.05) is 13.2 Å². The number of thiazole rings is 1. The number of rotatable bonds is 8. The fourth-order valence-corrected chi connectivity index (χ4v) is 8.26. The summed E-state index contributed by atoms with van der Waals surface area (Å²) in [7, 11) is 0. The molecule has 1 fully saturated rings. The molecule has 2 heterocycles. The highest BCUT2D eigenvalue weighted by molar-refractivity contribution is 7.15. The summed E-state index contributed by atoms with van der Waals surface area (Å²) in [5.74, 6) is 0.234. The Labute approximate surface area is 210 Å². The zero-order valence-corrected chi connectivity index (χ0v) is 22.2. The van der Waals surface area contributed by atoms with Crippen LogP contribution >= 0.6 is 22.7 Å². The van der Waals surface area contributed by atoms with E-state index in [0.717, 1.165) is 40.4 Å². The van der Waals surface area contributed by atoms with Crippen LogP contribution in [0.1, 0.15) is 69.9 Å². The maximum absolute atomic E-state index is 13.3. The van der Waals surface area contributed by atoms with Gasteiger partial charge in [0.2, 0.25) is 5.91 Å². The van der Waals surface area contributed by atoms with E-state index >= 15 is 0 Å². The second-order valence-electron chi connectivity index (χ2n) is 11.2. The van der Waals surface area contributed by atoms with Crippen LogP contribution in [0.4, 0.5) is 0 Å². The number of aliphatic hydroxyl groups excluding tert-OH is 3. The van der Waals surface area contributed by atoms with Gasteiger partial charge in [-0.15, -0.1) is 11.3 Å². The molecule has 2 aliphatic carbocycles. The second-order valence-corrected chi connectivity index (χ2v) is 13.0. The number of hydrogen-bond acceptors (Lipinski definition) is 7. The summed E-state index contributed by atoms with van der Waals surface area (Å²) in [6, 6.07) is 1.82. The van der Waals surface area contributed by atoms with Crippen molar-refractivity contribution in [3.8, 4) is 10.6 Å². The lowest BCUT2D eigenvalue weighted by Gasteiger charge is -2.58. The average molecular weight is 507 g/mol. The van der Waals surface area contributed by atoms with Crippen LogP contribution in [0.5, 0.6) is 0 Å². The monoisotopic (exact) mass is 506 g/mol. The van der Waals surface area contributed by atoms with Gasteiger partial charge in [-0.05, 0) is 54.4 Å². The minimum absolute atomic E-state index is 0.0409. The molecular weight excluding hydrogens is 468 g/mol. The molecule has 2 aliphatic rings. The van der Waals surface area contributed by atoms with E-state index in [0.29, 0.717) is 18.8 Å². The van der Waals surface area contributed by atoms with Gasteiger partial charge in [0.05, 0.1) is 31.1 Å². The third kappa shape index (κ3) is 4.60. The van der Waals surface area contributed by atoms with Gasteiger partial charge in [-0.25, -0.2) is 4.98 Å². The van der Waals surface area contributed by atoms with E-state index in [1.54, 1.807) is 22.7 Å². The molecule has 6 unspecified atom stereocenters. The first kappa shape index (κ1) is 25.8. The molecule has 0 aliphatic heterocycles. The zero-order valence-electron chi connectivity index (χ0n) is 20.6. The van der Waals surface area contributed by atoms with Gasteiger partial charge in [0.1, 0.15) is 5.01 Å². The van der Waals surface area contributed by atoms with Gasteiger partial charge in [0.15, 0.2) is 0 Å². The van der Waals surface area contributed by atoms with E-state index in [9.17, 15) is 20.1 Å². The normalized spacial score (nSPS) is 31.7. The number of fused-ring (bicyclic) bond motifs is 2. The number of nitrogens with zero attached hydrogens (tertiary/aromatic N) is 1. The molecule has 2 aromatic heterocycles. The van der Waals surface area contributed by atoms with E-state index in [4.69, 9.17) is 4.98 Å². The first-order valence-corrected chi connectivity index (χ1v) is 14.1. The van der Waals surface area contributed by atoms with Gasteiger partial charge in [-0.3, -0.25) is 4.79 Å². The summed E-state index contributed by atoms with van der Waals surface area (Å²) in [6.45, 7) is 8.22. The fraction of sp³-hybridized carbons (Fsp3) is 0.692. The van der Waals surface area contributed by atoms with Crippen molar-refractivity contribution in [2.45, 2.75) is 77.9 Å². The summed E-state index contributed by atoms with van der Waals surface area (Å²) in [4.78, 5) is 19.5. The Balaban J connectivity index is 1.71. The maximum atomic E-state index is 13.3. The van der Waals surface area contributed by atoms with Crippen LogP contribution < -0.4 is 5.32 Å². The van der Waals surface area contributed by atoms with E-state index < -0.39 is 11.5 Å². The van der Waals surface area contributed by atoms with Crippen LogP contribution in [0.25, 0.3) is 10.6 Å². The molecule has 0 bridgehead atoms. The fourth-order valence-electron chi connectivity index (χ4n) is 6.38. The van der Waals surface area contributed by atoms with Crippen LogP contribution in [-0.4, -0.2) is 51.6 Å². The number of aliphatic hydroxyl groups is 3. The van der Waals surface area contributed by atoms with Crippen molar-refractivity contribution in [3.63, 3.8) is 0 Å². The SMILES string of the molecule is CC(C)CC(CO)NC(=O)CC1c2nc(-c3ccsc3)sc2CC2C(C)(CO)C(O)CCC12C. The lowest BCUT2D eigenvalue weighted by molar-refractivity contribution is -0.144. The quantitative estimate of drug-likeness (QED) is 0.430. The minimum Gasteiger partial charge on any atom is -0.396 e. The number of hydrogen-bond donors (Lipinski definition) is 4. The largest absolute Gasteiger partial charge is 0.396 e. The summed E-state index contributed by atoms with van der Waals surface area (Å²) >= 11 is 3.32. The van der Waals surface area contributed by atoms with Gasteiger partial charge >= 0.3 is 0 Å². The Kier molecular flexibility index (Phi) is 7.56. The molecule has 4 N–H and O–H groups in total. The molecule has 8 heteroatoms. The first-order valence-electron chi connectivity index (χ1n) is 12.3. The Morgan fingerprint density at radius 3 is 2.71 bits per heavy atom. The summed E-state index contributed by atoms with van der Waals surface area (Å²) in [5.41, 5.74) is 1.20. The predicted molar refractivity (Wildman–Crippen MR) is 137 cm³/mol. The lowest BCUT2D eigenvalue weighted by atomic mass is 9.47. The molecule has 188 valence electrons. The van der Waals surface area contributed by atoms with E-state index in [1.165, 1.54) is 0 Å². The first-order chi connectivity index (χ1) is 16.1. The molecule has 0 saturated heterocycles. The number of carbonyl (C=O) groups excluding carboxylic acids is 1. The maximum Gasteiger partial charge on any atom is 0.220 e. The standard InChI is InChI=1S/C26H38N2O4S2/c1-15(2)9-17(12-29)27-22(32)10-18-23-19(34-24(28-23)16-6-8-33-13-16)11-20-25(18,3)7-5-21(31)26(20,4)14-30/h6,8,13,15,17-18,20-21,29-31H,5,7,9-12,14H2,1-4H3,(H,27,32). The highest BCUT2D eigenvalue weighted by Crippen LogP contribution is 2.62. The number of amides is 1. The van der Waals surface area contributed by atoms with Crippen LogP contribution in [0, 0.1) is 22.7 Å². The molecule has 1 saturated carbocycles. The van der Waals surface area contributed by atoms with Crippen LogP contribution in [-0.2, 0) is 11.2 Å². The molecule has 34 heavy (non-hydrogen) atoms. The van der Waals surface area contributed by atoms with Crippen molar-refractivity contribution in [1.82, 2.24) is 10.3 Å². The number of aromatic nitrogens is 1. The van der Waals surface area contributed by atoms with Gasteiger partial charge in [0, 0.05) is 33.6 Å². The second kappa shape index (κ2) is 9.97. The molecule has 1 amide bonds. The smallest absolute Gasteiger partial charge is 0.220 e. The van der Waals surface area contributed by atoms with E-state index in [-0.39, 0.29) is 42.4 Å². The Morgan fingerprint density at radius 2 is 2.09 bits per heavy atom. The Hall–Kier alpha value is -1.32. The Bertz CT molecular complexity index is 991. The third-order valence-corrected chi connectivity index (χ3v) is 10.2. The Morgan fingerprint density at radius 1 is 1.32 bits per heavy atom. The molecule has 4 rings (SSSR count). The predicted octanol–water partition coefficient (Wildman–Crippen LogP) is 4.20. The van der Waals surface area contributed by atoms with Crippen molar-refractivity contribution in [1.29, 1.82) is 0 Å². The minimum atomic E-state index is -0.628. The molecule has 0 aromatic carbocycles. The molecule has 6 atom stereocenters. The number of nitrogens with one attached hydrogen (secondary N) is 1. The summed E-state index contributed by atoms with van der Waals surface area (Å²) in [6.07, 6.45) is 2.59. The third-order valence-electron chi connectivity index (χ3n) is 8.39. The van der Waals surface area contributed by atoms with Crippen molar-refractivity contribution >= 4 is 28.6 Å². The molecule has 0 spiro atoms. The number of thiophene rings is 1. The van der Waals surface area contributed by atoms with Crippen molar-refractivity contribution in [3.05, 3.63) is 27.4 Å². The number of carbonyl (C=O) groups is 1. The lowest BCUT2D eigenvalue weighted by Crippen LogP contribution is -2.58. The topological polar surface area (TPSA) is 103 Å². The molecule has 2 aromatic rings. The molecule has 6 nitrogen and oxygen atoms in total. The van der Waals surface area contributed by atoms with Crippen LogP contribution in [0.15, 0.2) is 16.8 Å². The zero-order chi connectivity index (χ0) is 24.7. The summed E-state index contributed by atoms with van der Waals surface area (Å²) in [5, 5.41) is 39.3. The van der Waals surface area contributed by atoms with Crippen LogP contribution in [0.3, 0.4) is 0 Å². The van der Waals surface area contributed by atoms with Crippen molar-refractivity contribution < 1.29 is 20.1 Å². The van der Waals surface area contributed by atoms with E-state index in [2.05, 4.69) is 37.5 Å². The molecular formula is C26H38N2O4S2. The summed E-state index contributed by atoms with van der Waals surface area (Å²) < 4.78 is 0. The highest BCUT2D eigenvalue weighted by Gasteiger charge is 2.59. The van der Waals surface area contributed by atoms with Gasteiger partial charge in [-0.1, -0.05) is 27.7 Å².